The summed E-state index contributed by atoms with van der Waals surface area (Å²) in [5, 5.41) is 2.02. The second-order valence-corrected chi connectivity index (χ2v) is 5.94. The van der Waals surface area contributed by atoms with Gasteiger partial charge < -0.3 is 9.47 Å². The van der Waals surface area contributed by atoms with Crippen LogP contribution in [0.1, 0.15) is 24.5 Å². The van der Waals surface area contributed by atoms with E-state index >= 15 is 0 Å². The van der Waals surface area contributed by atoms with Crippen molar-refractivity contribution in [2.75, 3.05) is 11.9 Å². The predicted molar refractivity (Wildman–Crippen MR) is 92.6 cm³/mol. The number of nitrogens with one attached hydrogen (secondary N) is 1. The lowest BCUT2D eigenvalue weighted by Gasteiger charge is -2.19. The van der Waals surface area contributed by atoms with Crippen molar-refractivity contribution in [2.45, 2.75) is 31.8 Å². The third-order valence-corrected chi connectivity index (χ3v) is 3.80. The van der Waals surface area contributed by atoms with Gasteiger partial charge in [-0.15, -0.1) is 0 Å². The summed E-state index contributed by atoms with van der Waals surface area (Å²) in [5.41, 5.74) is -2.41. The number of amides is 1. The van der Waals surface area contributed by atoms with Crippen LogP contribution in [0.25, 0.3) is 0 Å². The first kappa shape index (κ1) is 22.4. The van der Waals surface area contributed by atoms with Crippen molar-refractivity contribution in [3.05, 3.63) is 59.7 Å². The van der Waals surface area contributed by atoms with Crippen LogP contribution in [0.2, 0.25) is 0 Å². The Morgan fingerprint density at radius 3 is 2.31 bits per heavy atom. The highest BCUT2D eigenvalue weighted by Crippen LogP contribution is 2.34. The van der Waals surface area contributed by atoms with Gasteiger partial charge in [-0.2, -0.15) is 26.3 Å². The number of carbonyl (C=O) groups excluding carboxylic acids is 1. The van der Waals surface area contributed by atoms with Gasteiger partial charge in [-0.25, -0.2) is 4.79 Å². The molecule has 0 aromatic heterocycles. The minimum Gasteiger partial charge on any atom is -0.490 e. The minimum atomic E-state index is -4.67. The molecule has 0 aliphatic carbocycles. The van der Waals surface area contributed by atoms with E-state index < -0.39 is 41.4 Å². The van der Waals surface area contributed by atoms with Gasteiger partial charge in [0, 0.05) is 0 Å². The van der Waals surface area contributed by atoms with Gasteiger partial charge in [-0.05, 0) is 36.8 Å². The molecule has 158 valence electrons. The summed E-state index contributed by atoms with van der Waals surface area (Å²) >= 11 is 0. The van der Waals surface area contributed by atoms with E-state index in [2.05, 4.69) is 0 Å². The normalized spacial score (nSPS) is 12.9. The Bertz CT molecular complexity index is 835. The molecule has 1 unspecified atom stereocenters. The molecule has 2 rings (SSSR count). The van der Waals surface area contributed by atoms with E-state index in [0.29, 0.717) is 0 Å². The zero-order valence-corrected chi connectivity index (χ0v) is 15.1. The van der Waals surface area contributed by atoms with Crippen molar-refractivity contribution in [2.24, 2.45) is 0 Å². The third kappa shape index (κ3) is 6.58. The number of alkyl halides is 6. The van der Waals surface area contributed by atoms with Gasteiger partial charge in [-0.1, -0.05) is 25.1 Å². The van der Waals surface area contributed by atoms with Crippen LogP contribution in [-0.4, -0.2) is 18.8 Å². The Kier molecular flexibility index (Phi) is 6.99. The molecule has 0 aliphatic heterocycles. The molecule has 1 N–H and O–H groups in total. The molecule has 0 saturated carbocycles. The molecule has 29 heavy (non-hydrogen) atoms. The highest BCUT2D eigenvalue weighted by atomic mass is 19.4. The summed E-state index contributed by atoms with van der Waals surface area (Å²) in [4.78, 5) is 12.0. The first-order valence-corrected chi connectivity index (χ1v) is 8.44. The first-order valence-electron chi connectivity index (χ1n) is 8.44. The fraction of sp³-hybridized carbons (Fsp3) is 0.316. The molecule has 1 amide bonds. The van der Waals surface area contributed by atoms with Crippen LogP contribution in [0.3, 0.4) is 0 Å². The maximum absolute atomic E-state index is 13.0. The molecule has 0 spiro atoms. The van der Waals surface area contributed by atoms with E-state index in [1.165, 1.54) is 24.3 Å². The van der Waals surface area contributed by atoms with Crippen molar-refractivity contribution >= 4 is 11.8 Å². The summed E-state index contributed by atoms with van der Waals surface area (Å²) in [6.07, 6.45) is -11.0. The van der Waals surface area contributed by atoms with E-state index in [4.69, 9.17) is 9.47 Å². The number of anilines is 1. The monoisotopic (exact) mass is 421 g/mol. The number of ether oxygens (including phenoxy) is 2. The maximum atomic E-state index is 13.0. The van der Waals surface area contributed by atoms with Gasteiger partial charge >= 0.3 is 18.4 Å². The molecule has 0 fully saturated rings. The summed E-state index contributed by atoms with van der Waals surface area (Å²) in [7, 11) is 0. The molecular weight excluding hydrogens is 404 g/mol. The molecule has 4 nitrogen and oxygen atoms in total. The molecule has 2 aromatic carbocycles. The van der Waals surface area contributed by atoms with Gasteiger partial charge in [0.05, 0.1) is 16.8 Å². The van der Waals surface area contributed by atoms with Crippen LogP contribution < -0.4 is 10.1 Å². The first-order chi connectivity index (χ1) is 13.5. The number of halogens is 6. The Hall–Kier alpha value is -2.91. The fourth-order valence-corrected chi connectivity index (χ4v) is 2.32. The summed E-state index contributed by atoms with van der Waals surface area (Å²) < 4.78 is 87.3. The van der Waals surface area contributed by atoms with E-state index in [-0.39, 0.29) is 18.8 Å². The number of rotatable bonds is 6. The van der Waals surface area contributed by atoms with Crippen LogP contribution in [0, 0.1) is 0 Å². The van der Waals surface area contributed by atoms with E-state index in [1.54, 1.807) is 6.92 Å². The van der Waals surface area contributed by atoms with Gasteiger partial charge in [0.1, 0.15) is 18.5 Å². The molecular formula is C19H17F6NO3. The van der Waals surface area contributed by atoms with Gasteiger partial charge in [0.2, 0.25) is 0 Å². The Labute approximate surface area is 162 Å². The average Bonchev–Trinajstić information content (AvgIpc) is 2.64. The highest BCUT2D eigenvalue weighted by molar-refractivity contribution is 5.86. The van der Waals surface area contributed by atoms with Gasteiger partial charge in [0.15, 0.2) is 0 Å². The van der Waals surface area contributed by atoms with Crippen molar-refractivity contribution < 1.29 is 40.6 Å². The molecule has 1 atom stereocenters. The van der Waals surface area contributed by atoms with Crippen LogP contribution >= 0.6 is 0 Å². The van der Waals surface area contributed by atoms with Gasteiger partial charge in [-0.3, -0.25) is 5.32 Å². The highest BCUT2D eigenvalue weighted by Gasteiger charge is 2.34. The lowest BCUT2D eigenvalue weighted by Crippen LogP contribution is -2.28. The summed E-state index contributed by atoms with van der Waals surface area (Å²) in [6, 6.07) is 8.53. The fourth-order valence-electron chi connectivity index (χ4n) is 2.32. The van der Waals surface area contributed by atoms with Crippen LogP contribution in [0.5, 0.6) is 5.75 Å². The molecule has 0 bridgehead atoms. The van der Waals surface area contributed by atoms with Crippen molar-refractivity contribution in [3.8, 4) is 5.75 Å². The number of hydrogen-bond acceptors (Lipinski definition) is 3. The lowest BCUT2D eigenvalue weighted by molar-refractivity contribution is -0.138. The van der Waals surface area contributed by atoms with Crippen LogP contribution in [-0.2, 0) is 17.1 Å². The average molecular weight is 421 g/mol. The number of carbonyl (C=O) groups is 1. The molecule has 0 heterocycles. The Balaban J connectivity index is 1.98. The largest absolute Gasteiger partial charge is 0.490 e. The topological polar surface area (TPSA) is 47.6 Å². The van der Waals surface area contributed by atoms with E-state index in [0.717, 1.165) is 24.3 Å². The standard InChI is InChI=1S/C19H17F6NO3/c1-2-13(11-28-14-7-5-6-12(10-14)18(20,21)22)29-17(27)26-16-9-4-3-8-15(16)19(23,24)25/h3-10,13H,2,11H2,1H3,(H,26,27). The smallest absolute Gasteiger partial charge is 0.418 e. The molecule has 0 saturated heterocycles. The number of hydrogen-bond donors (Lipinski definition) is 1. The van der Waals surface area contributed by atoms with Crippen molar-refractivity contribution in [3.63, 3.8) is 0 Å². The SMILES string of the molecule is CCC(COc1cccc(C(F)(F)F)c1)OC(=O)Nc1ccccc1C(F)(F)F. The number of benzene rings is 2. The van der Waals surface area contributed by atoms with Crippen LogP contribution in [0.4, 0.5) is 36.8 Å². The maximum Gasteiger partial charge on any atom is 0.418 e. The zero-order valence-electron chi connectivity index (χ0n) is 15.1. The number of para-hydroxylation sites is 1. The summed E-state index contributed by atoms with van der Waals surface area (Å²) in [6.45, 7) is 1.35. The Morgan fingerprint density at radius 1 is 1.00 bits per heavy atom. The third-order valence-electron chi connectivity index (χ3n) is 3.80. The van der Waals surface area contributed by atoms with Crippen molar-refractivity contribution in [1.82, 2.24) is 0 Å². The van der Waals surface area contributed by atoms with Gasteiger partial charge in [0.25, 0.3) is 0 Å². The second kappa shape index (κ2) is 9.06. The summed E-state index contributed by atoms with van der Waals surface area (Å²) in [5.74, 6) is -0.0790. The molecule has 0 radical (unpaired) electrons. The zero-order chi connectivity index (χ0) is 21.7. The lowest BCUT2D eigenvalue weighted by atomic mass is 10.2. The van der Waals surface area contributed by atoms with Crippen LogP contribution in [0.15, 0.2) is 48.5 Å². The predicted octanol–water partition coefficient (Wildman–Crippen LogP) is 6.13. The molecule has 0 aliphatic rings. The van der Waals surface area contributed by atoms with E-state index in [1.807, 2.05) is 5.32 Å². The van der Waals surface area contributed by atoms with E-state index in [9.17, 15) is 31.1 Å². The minimum absolute atomic E-state index is 0.0790. The molecule has 2 aromatic rings. The Morgan fingerprint density at radius 2 is 1.69 bits per heavy atom. The quantitative estimate of drug-likeness (QED) is 0.571. The second-order valence-electron chi connectivity index (χ2n) is 5.94. The molecule has 10 heteroatoms. The van der Waals surface area contributed by atoms with Crippen molar-refractivity contribution in [1.29, 1.82) is 0 Å².